The summed E-state index contributed by atoms with van der Waals surface area (Å²) in [5, 5.41) is 3.19. The Balaban J connectivity index is 2.33. The van der Waals surface area contributed by atoms with E-state index in [0.29, 0.717) is 18.5 Å². The molecule has 2 atom stereocenters. The van der Waals surface area contributed by atoms with Gasteiger partial charge in [-0.3, -0.25) is 10.4 Å². The van der Waals surface area contributed by atoms with Crippen LogP contribution < -0.4 is 16.6 Å². The third-order valence-electron chi connectivity index (χ3n) is 3.26. The first kappa shape index (κ1) is 15.2. The number of likely N-dealkylation sites (tertiary alicyclic amines) is 1. The molecule has 0 saturated carbocycles. The van der Waals surface area contributed by atoms with Crippen molar-refractivity contribution in [1.82, 2.24) is 15.6 Å². The molecule has 0 radical (unpaired) electrons. The second-order valence-electron chi connectivity index (χ2n) is 4.88. The zero-order chi connectivity index (χ0) is 13.4. The number of nitrogens with one attached hydrogen (secondary N) is 2. The molecule has 0 aromatic carbocycles. The smallest absolute Gasteiger partial charge is 0.206 e. The maximum absolute atomic E-state index is 5.46. The third kappa shape index (κ3) is 5.20. The molecule has 1 aliphatic rings. The Morgan fingerprint density at radius 2 is 2.39 bits per heavy atom. The fourth-order valence-corrected chi connectivity index (χ4v) is 2.23. The van der Waals surface area contributed by atoms with Crippen LogP contribution in [-0.2, 0) is 4.74 Å². The number of hydrogen-bond acceptors (Lipinski definition) is 4. The summed E-state index contributed by atoms with van der Waals surface area (Å²) in [6, 6.07) is 0.195. The number of rotatable bonds is 6. The maximum Gasteiger partial charge on any atom is 0.206 e. The van der Waals surface area contributed by atoms with Crippen molar-refractivity contribution in [2.75, 3.05) is 39.9 Å². The van der Waals surface area contributed by atoms with Crippen LogP contribution in [0.1, 0.15) is 20.3 Å². The average Bonchev–Trinajstić information content (AvgIpc) is 2.82. The molecule has 1 saturated heterocycles. The van der Waals surface area contributed by atoms with Crippen LogP contribution in [0, 0.1) is 5.92 Å². The van der Waals surface area contributed by atoms with E-state index in [0.717, 1.165) is 19.6 Å². The van der Waals surface area contributed by atoms with Gasteiger partial charge in [-0.25, -0.2) is 5.84 Å². The molecule has 1 rings (SSSR count). The Hall–Kier alpha value is -0.850. The van der Waals surface area contributed by atoms with Crippen LogP contribution in [0.5, 0.6) is 0 Å². The number of ether oxygens (including phenoxy) is 1. The number of hydrogen-bond donors (Lipinski definition) is 3. The molecule has 0 spiro atoms. The van der Waals surface area contributed by atoms with E-state index in [1.165, 1.54) is 13.0 Å². The fourth-order valence-electron chi connectivity index (χ4n) is 2.23. The van der Waals surface area contributed by atoms with Crippen LogP contribution in [0.2, 0.25) is 0 Å². The molecule has 6 nitrogen and oxygen atoms in total. The molecule has 0 aliphatic carbocycles. The summed E-state index contributed by atoms with van der Waals surface area (Å²) in [5.74, 6) is 6.75. The van der Waals surface area contributed by atoms with Gasteiger partial charge in [0, 0.05) is 26.2 Å². The van der Waals surface area contributed by atoms with Gasteiger partial charge >= 0.3 is 0 Å². The van der Waals surface area contributed by atoms with Gasteiger partial charge in [-0.2, -0.15) is 0 Å². The summed E-state index contributed by atoms with van der Waals surface area (Å²) in [4.78, 5) is 6.96. The van der Waals surface area contributed by atoms with E-state index in [2.05, 4.69) is 27.6 Å². The van der Waals surface area contributed by atoms with Crippen molar-refractivity contribution in [2.45, 2.75) is 26.3 Å². The number of aliphatic imine (C=N–C) groups is 1. The first-order valence-corrected chi connectivity index (χ1v) is 6.68. The largest absolute Gasteiger partial charge is 0.383 e. The standard InChI is InChI=1S/C12H27N5O/c1-4-17-6-5-11(8-17)7-14-12(16-13)15-10(2)9-18-3/h10-11H,4-9,13H2,1-3H3,(H2,14,15,16). The van der Waals surface area contributed by atoms with Gasteiger partial charge in [0.1, 0.15) is 0 Å². The minimum Gasteiger partial charge on any atom is -0.383 e. The number of methoxy groups -OCH3 is 1. The minimum absolute atomic E-state index is 0.195. The Morgan fingerprint density at radius 1 is 1.61 bits per heavy atom. The molecule has 1 heterocycles. The molecular formula is C12H27N5O. The summed E-state index contributed by atoms with van der Waals surface area (Å²) in [6.45, 7) is 9.15. The Morgan fingerprint density at radius 3 is 2.94 bits per heavy atom. The molecular weight excluding hydrogens is 230 g/mol. The SMILES string of the molecule is CCN1CCC(CN=C(NN)NC(C)COC)C1. The van der Waals surface area contributed by atoms with E-state index in [4.69, 9.17) is 10.6 Å². The monoisotopic (exact) mass is 257 g/mol. The van der Waals surface area contributed by atoms with Crippen LogP contribution in [0.4, 0.5) is 0 Å². The van der Waals surface area contributed by atoms with Crippen molar-refractivity contribution >= 4 is 5.96 Å². The van der Waals surface area contributed by atoms with Crippen molar-refractivity contribution in [3.63, 3.8) is 0 Å². The fraction of sp³-hybridized carbons (Fsp3) is 0.917. The maximum atomic E-state index is 5.46. The highest BCUT2D eigenvalue weighted by Crippen LogP contribution is 2.15. The number of hydrazine groups is 1. The highest BCUT2D eigenvalue weighted by molar-refractivity contribution is 5.79. The second-order valence-corrected chi connectivity index (χ2v) is 4.88. The Kier molecular flexibility index (Phi) is 7.00. The van der Waals surface area contributed by atoms with E-state index in [1.54, 1.807) is 7.11 Å². The van der Waals surface area contributed by atoms with Crippen molar-refractivity contribution < 1.29 is 4.74 Å². The summed E-state index contributed by atoms with van der Waals surface area (Å²) in [5.41, 5.74) is 2.61. The molecule has 0 aromatic rings. The second kappa shape index (κ2) is 8.29. The van der Waals surface area contributed by atoms with Crippen LogP contribution >= 0.6 is 0 Å². The van der Waals surface area contributed by atoms with Gasteiger partial charge in [0.25, 0.3) is 0 Å². The summed E-state index contributed by atoms with van der Waals surface area (Å²) >= 11 is 0. The predicted octanol–water partition coefficient (Wildman–Crippen LogP) is -0.228. The molecule has 0 aromatic heterocycles. The lowest BCUT2D eigenvalue weighted by Crippen LogP contribution is -2.47. The van der Waals surface area contributed by atoms with Crippen molar-refractivity contribution in [3.05, 3.63) is 0 Å². The minimum atomic E-state index is 0.195. The summed E-state index contributed by atoms with van der Waals surface area (Å²) < 4.78 is 5.06. The highest BCUT2D eigenvalue weighted by atomic mass is 16.5. The van der Waals surface area contributed by atoms with Crippen molar-refractivity contribution in [1.29, 1.82) is 0 Å². The molecule has 6 heteroatoms. The van der Waals surface area contributed by atoms with Gasteiger partial charge in [-0.15, -0.1) is 0 Å². The summed E-state index contributed by atoms with van der Waals surface area (Å²) in [6.07, 6.45) is 1.23. The number of nitrogens with zero attached hydrogens (tertiary/aromatic N) is 2. The van der Waals surface area contributed by atoms with Gasteiger partial charge in [0.2, 0.25) is 5.96 Å². The van der Waals surface area contributed by atoms with Crippen molar-refractivity contribution in [2.24, 2.45) is 16.8 Å². The molecule has 0 amide bonds. The molecule has 1 fully saturated rings. The van der Waals surface area contributed by atoms with E-state index in [-0.39, 0.29) is 6.04 Å². The first-order chi connectivity index (χ1) is 8.69. The molecule has 1 aliphatic heterocycles. The zero-order valence-corrected chi connectivity index (χ0v) is 11.8. The molecule has 0 bridgehead atoms. The number of nitrogens with two attached hydrogens (primary N) is 1. The lowest BCUT2D eigenvalue weighted by molar-refractivity contribution is 0.179. The van der Waals surface area contributed by atoms with E-state index in [9.17, 15) is 0 Å². The number of guanidine groups is 1. The van der Waals surface area contributed by atoms with Crippen LogP contribution in [0.15, 0.2) is 4.99 Å². The summed E-state index contributed by atoms with van der Waals surface area (Å²) in [7, 11) is 1.68. The lowest BCUT2D eigenvalue weighted by atomic mass is 10.1. The predicted molar refractivity (Wildman–Crippen MR) is 74.3 cm³/mol. The van der Waals surface area contributed by atoms with Crippen molar-refractivity contribution in [3.8, 4) is 0 Å². The normalized spacial score (nSPS) is 23.1. The molecule has 106 valence electrons. The van der Waals surface area contributed by atoms with Crippen LogP contribution in [-0.4, -0.2) is 56.8 Å². The van der Waals surface area contributed by atoms with Gasteiger partial charge < -0.3 is 15.0 Å². The van der Waals surface area contributed by atoms with Gasteiger partial charge in [-0.05, 0) is 32.4 Å². The average molecular weight is 257 g/mol. The quantitative estimate of drug-likeness (QED) is 0.265. The first-order valence-electron chi connectivity index (χ1n) is 6.68. The van der Waals surface area contributed by atoms with Gasteiger partial charge in [-0.1, -0.05) is 6.92 Å². The zero-order valence-electron chi connectivity index (χ0n) is 11.8. The third-order valence-corrected chi connectivity index (χ3v) is 3.26. The highest BCUT2D eigenvalue weighted by Gasteiger charge is 2.20. The van der Waals surface area contributed by atoms with Crippen LogP contribution in [0.3, 0.4) is 0 Å². The lowest BCUT2D eigenvalue weighted by Gasteiger charge is -2.16. The topological polar surface area (TPSA) is 74.9 Å². The van der Waals surface area contributed by atoms with Crippen LogP contribution in [0.25, 0.3) is 0 Å². The van der Waals surface area contributed by atoms with Gasteiger partial charge in [0.05, 0.1) is 6.61 Å². The molecule has 4 N–H and O–H groups in total. The Labute approximate surface area is 110 Å². The van der Waals surface area contributed by atoms with E-state index >= 15 is 0 Å². The molecule has 2 unspecified atom stereocenters. The van der Waals surface area contributed by atoms with E-state index < -0.39 is 0 Å². The van der Waals surface area contributed by atoms with E-state index in [1.807, 2.05) is 6.92 Å². The van der Waals surface area contributed by atoms with Gasteiger partial charge in [0.15, 0.2) is 0 Å². The molecule has 18 heavy (non-hydrogen) atoms. The Bertz CT molecular complexity index is 259.